The molecule has 144 valence electrons. The topological polar surface area (TPSA) is 78.1 Å². The predicted octanol–water partition coefficient (Wildman–Crippen LogP) is 3.70. The number of nitrogens with one attached hydrogen (secondary N) is 1. The number of halogens is 1. The average molecular weight is 452 g/mol. The Balaban J connectivity index is 1.97. The van der Waals surface area contributed by atoms with Crippen molar-refractivity contribution < 1.29 is 14.2 Å². The molecule has 0 aliphatic heterocycles. The summed E-state index contributed by atoms with van der Waals surface area (Å²) in [5.74, 6) is 2.00. The molecule has 0 bridgehead atoms. The van der Waals surface area contributed by atoms with Crippen molar-refractivity contribution >= 4 is 39.5 Å². The Morgan fingerprint density at radius 3 is 2.59 bits per heavy atom. The molecule has 0 aliphatic carbocycles. The molecule has 6 nitrogen and oxygen atoms in total. The number of rotatable bonds is 8. The Morgan fingerprint density at radius 2 is 1.93 bits per heavy atom. The Bertz CT molecular complexity index is 843. The first-order valence-electron chi connectivity index (χ1n) is 8.19. The van der Waals surface area contributed by atoms with Crippen LogP contribution < -0.4 is 25.4 Å². The lowest BCUT2D eigenvalue weighted by Crippen LogP contribution is -2.23. The van der Waals surface area contributed by atoms with E-state index in [1.807, 2.05) is 24.3 Å². The number of methoxy groups -OCH3 is 1. The molecular formula is C19H22BrN3O3S. The van der Waals surface area contributed by atoms with E-state index in [2.05, 4.69) is 40.3 Å². The minimum absolute atomic E-state index is 0.0982. The van der Waals surface area contributed by atoms with E-state index >= 15 is 0 Å². The summed E-state index contributed by atoms with van der Waals surface area (Å²) in [5.41, 5.74) is 11.1. The summed E-state index contributed by atoms with van der Waals surface area (Å²) in [5, 5.41) is 4.03. The zero-order valence-electron chi connectivity index (χ0n) is 15.4. The van der Waals surface area contributed by atoms with Gasteiger partial charge in [0.25, 0.3) is 0 Å². The number of hydrogen-bond acceptors (Lipinski definition) is 5. The molecule has 2 aromatic carbocycles. The Labute approximate surface area is 172 Å². The summed E-state index contributed by atoms with van der Waals surface area (Å²) < 4.78 is 17.7. The maximum Gasteiger partial charge on any atom is 0.184 e. The lowest BCUT2D eigenvalue weighted by atomic mass is 10.1. The van der Waals surface area contributed by atoms with Crippen LogP contribution in [0.3, 0.4) is 0 Å². The van der Waals surface area contributed by atoms with Crippen molar-refractivity contribution in [3.8, 4) is 17.2 Å². The smallest absolute Gasteiger partial charge is 0.184 e. The first-order valence-corrected chi connectivity index (χ1v) is 9.39. The van der Waals surface area contributed by atoms with E-state index in [0.29, 0.717) is 24.7 Å². The molecule has 0 aliphatic rings. The van der Waals surface area contributed by atoms with Crippen LogP contribution in [0.4, 0.5) is 0 Å². The Kier molecular flexibility index (Phi) is 7.87. The number of ether oxygens (including phenoxy) is 3. The number of aryl methyl sites for hydroxylation is 2. The fraction of sp³-hybridized carbons (Fsp3) is 0.263. The molecule has 0 unspecified atom stereocenters. The molecule has 0 aromatic heterocycles. The molecule has 0 atom stereocenters. The van der Waals surface area contributed by atoms with E-state index in [0.717, 1.165) is 15.8 Å². The second kappa shape index (κ2) is 10.1. The zero-order valence-corrected chi connectivity index (χ0v) is 17.8. The van der Waals surface area contributed by atoms with Crippen LogP contribution in [-0.2, 0) is 0 Å². The van der Waals surface area contributed by atoms with Crippen LogP contribution in [0.2, 0.25) is 0 Å². The maximum absolute atomic E-state index is 5.83. The van der Waals surface area contributed by atoms with Crippen molar-refractivity contribution in [2.75, 3.05) is 20.3 Å². The van der Waals surface area contributed by atoms with Crippen molar-refractivity contribution in [1.82, 2.24) is 5.43 Å². The zero-order chi connectivity index (χ0) is 19.8. The summed E-state index contributed by atoms with van der Waals surface area (Å²) in [6, 6.07) is 9.66. The molecule has 0 saturated carbocycles. The number of hydrogen-bond donors (Lipinski definition) is 2. The van der Waals surface area contributed by atoms with Gasteiger partial charge in [-0.1, -0.05) is 6.07 Å². The van der Waals surface area contributed by atoms with Gasteiger partial charge in [-0.2, -0.15) is 5.10 Å². The standard InChI is InChI=1S/C19H22BrN3O3S/c1-12-4-5-15(8-13(12)2)25-6-7-26-18-16(20)9-14(10-17(18)24-3)11-22-23-19(21)27/h4-5,8-11H,6-7H2,1-3H3,(H3,21,23,27)/b22-11+. The van der Waals surface area contributed by atoms with Crippen LogP contribution >= 0.6 is 28.1 Å². The number of hydrazone groups is 1. The molecule has 0 heterocycles. The number of benzene rings is 2. The highest BCUT2D eigenvalue weighted by atomic mass is 79.9. The second-order valence-corrected chi connectivity index (χ2v) is 7.01. The molecule has 0 fully saturated rings. The highest BCUT2D eigenvalue weighted by Crippen LogP contribution is 2.36. The van der Waals surface area contributed by atoms with Gasteiger partial charge in [-0.05, 0) is 83.0 Å². The van der Waals surface area contributed by atoms with Gasteiger partial charge in [-0.15, -0.1) is 0 Å². The van der Waals surface area contributed by atoms with E-state index in [-0.39, 0.29) is 5.11 Å². The highest BCUT2D eigenvalue weighted by molar-refractivity contribution is 9.10. The van der Waals surface area contributed by atoms with Crippen LogP contribution in [0.1, 0.15) is 16.7 Å². The van der Waals surface area contributed by atoms with E-state index in [9.17, 15) is 0 Å². The summed E-state index contributed by atoms with van der Waals surface area (Å²) in [6.45, 7) is 4.92. The van der Waals surface area contributed by atoms with Gasteiger partial charge in [0.2, 0.25) is 0 Å². The minimum atomic E-state index is 0.0982. The van der Waals surface area contributed by atoms with E-state index in [1.165, 1.54) is 11.1 Å². The first-order chi connectivity index (χ1) is 12.9. The van der Waals surface area contributed by atoms with E-state index in [1.54, 1.807) is 19.4 Å². The summed E-state index contributed by atoms with van der Waals surface area (Å²) in [6.07, 6.45) is 1.58. The third kappa shape index (κ3) is 6.41. The monoisotopic (exact) mass is 451 g/mol. The van der Waals surface area contributed by atoms with Gasteiger partial charge in [-0.3, -0.25) is 5.43 Å². The van der Waals surface area contributed by atoms with Gasteiger partial charge in [0.15, 0.2) is 16.6 Å². The lowest BCUT2D eigenvalue weighted by Gasteiger charge is -2.14. The third-order valence-electron chi connectivity index (χ3n) is 3.72. The van der Waals surface area contributed by atoms with Gasteiger partial charge in [0.05, 0.1) is 17.8 Å². The molecule has 2 aromatic rings. The second-order valence-electron chi connectivity index (χ2n) is 5.71. The van der Waals surface area contributed by atoms with Crippen LogP contribution in [0, 0.1) is 13.8 Å². The predicted molar refractivity (Wildman–Crippen MR) is 115 cm³/mol. The van der Waals surface area contributed by atoms with Crippen molar-refractivity contribution in [1.29, 1.82) is 0 Å². The van der Waals surface area contributed by atoms with E-state index < -0.39 is 0 Å². The Hall–Kier alpha value is -2.32. The van der Waals surface area contributed by atoms with Crippen molar-refractivity contribution in [3.63, 3.8) is 0 Å². The summed E-state index contributed by atoms with van der Waals surface area (Å²) in [4.78, 5) is 0. The Morgan fingerprint density at radius 1 is 1.19 bits per heavy atom. The van der Waals surface area contributed by atoms with Crippen LogP contribution in [0.15, 0.2) is 39.9 Å². The summed E-state index contributed by atoms with van der Waals surface area (Å²) >= 11 is 8.20. The molecule has 0 radical (unpaired) electrons. The number of nitrogens with zero attached hydrogens (tertiary/aromatic N) is 1. The van der Waals surface area contributed by atoms with Gasteiger partial charge < -0.3 is 19.9 Å². The number of nitrogens with two attached hydrogens (primary N) is 1. The quantitative estimate of drug-likeness (QED) is 0.275. The number of thiocarbonyl (C=S) groups is 1. The largest absolute Gasteiger partial charge is 0.493 e. The van der Waals surface area contributed by atoms with E-state index in [4.69, 9.17) is 32.2 Å². The highest BCUT2D eigenvalue weighted by Gasteiger charge is 2.11. The van der Waals surface area contributed by atoms with Crippen LogP contribution in [-0.4, -0.2) is 31.7 Å². The molecular weight excluding hydrogens is 430 g/mol. The van der Waals surface area contributed by atoms with Gasteiger partial charge in [0, 0.05) is 0 Å². The first kappa shape index (κ1) is 21.0. The molecule has 0 amide bonds. The average Bonchev–Trinajstić information content (AvgIpc) is 2.62. The minimum Gasteiger partial charge on any atom is -0.493 e. The maximum atomic E-state index is 5.83. The van der Waals surface area contributed by atoms with Crippen molar-refractivity contribution in [2.24, 2.45) is 10.8 Å². The molecule has 2 rings (SSSR count). The SMILES string of the molecule is COc1cc(/C=N/NC(N)=S)cc(Br)c1OCCOc1ccc(C)c(C)c1. The third-order valence-corrected chi connectivity index (χ3v) is 4.40. The molecule has 0 saturated heterocycles. The van der Waals surface area contributed by atoms with Crippen molar-refractivity contribution in [3.05, 3.63) is 51.5 Å². The molecule has 3 N–H and O–H groups in total. The van der Waals surface area contributed by atoms with Crippen LogP contribution in [0.5, 0.6) is 17.2 Å². The van der Waals surface area contributed by atoms with Gasteiger partial charge in [0.1, 0.15) is 19.0 Å². The molecule has 27 heavy (non-hydrogen) atoms. The molecule has 8 heteroatoms. The molecule has 0 spiro atoms. The summed E-state index contributed by atoms with van der Waals surface area (Å²) in [7, 11) is 1.58. The van der Waals surface area contributed by atoms with Crippen molar-refractivity contribution in [2.45, 2.75) is 13.8 Å². The van der Waals surface area contributed by atoms with Crippen LogP contribution in [0.25, 0.3) is 0 Å². The van der Waals surface area contributed by atoms with Gasteiger partial charge in [-0.25, -0.2) is 0 Å². The fourth-order valence-corrected chi connectivity index (χ4v) is 2.86. The fourth-order valence-electron chi connectivity index (χ4n) is 2.23. The lowest BCUT2D eigenvalue weighted by molar-refractivity contribution is 0.210. The normalized spacial score (nSPS) is 10.7. The van der Waals surface area contributed by atoms with Gasteiger partial charge >= 0.3 is 0 Å².